The molecular formula is C51H70BrN7O15. The minimum atomic E-state index is -1.97. The molecule has 1 saturated heterocycles. The summed E-state index contributed by atoms with van der Waals surface area (Å²) in [5.74, 6) is -11.2. The minimum absolute atomic E-state index is 0.128. The van der Waals surface area contributed by atoms with Crippen LogP contribution in [0.15, 0.2) is 66.7 Å². The van der Waals surface area contributed by atoms with Gasteiger partial charge in [-0.1, -0.05) is 99.4 Å². The van der Waals surface area contributed by atoms with Crippen LogP contribution in [0.5, 0.6) is 5.75 Å². The summed E-state index contributed by atoms with van der Waals surface area (Å²) in [6, 6.07) is 4.17. The number of cyclic esters (lactones) is 1. The Morgan fingerprint density at radius 3 is 2.05 bits per heavy atom. The van der Waals surface area contributed by atoms with E-state index in [9.17, 15) is 53.7 Å². The van der Waals surface area contributed by atoms with Gasteiger partial charge in [0.15, 0.2) is 6.04 Å². The largest absolute Gasteiger partial charge is 0.487 e. The predicted molar refractivity (Wildman–Crippen MR) is 270 cm³/mol. The number of alkyl halides is 1. The normalized spacial score (nSPS) is 28.5. The summed E-state index contributed by atoms with van der Waals surface area (Å²) in [7, 11) is 1.30. The van der Waals surface area contributed by atoms with Crippen LogP contribution in [0.2, 0.25) is 0 Å². The van der Waals surface area contributed by atoms with Crippen molar-refractivity contribution < 1.29 is 72.7 Å². The summed E-state index contributed by atoms with van der Waals surface area (Å²) in [6.45, 7) is 10.3. The Morgan fingerprint density at radius 2 is 1.46 bits per heavy atom. The Morgan fingerprint density at radius 1 is 0.838 bits per heavy atom. The molecule has 0 radical (unpaired) electrons. The summed E-state index contributed by atoms with van der Waals surface area (Å²) in [5.41, 5.74) is -1.11. The molecule has 0 unspecified atom stereocenters. The Hall–Kier alpha value is -6.43. The number of nitrogens with zero attached hydrogens (tertiary/aromatic N) is 1. The molecule has 0 aromatic heterocycles. The van der Waals surface area contributed by atoms with Crippen molar-refractivity contribution in [3.05, 3.63) is 77.9 Å². The van der Waals surface area contributed by atoms with E-state index in [0.717, 1.165) is 17.1 Å². The van der Waals surface area contributed by atoms with Crippen molar-refractivity contribution in [2.24, 2.45) is 17.8 Å². The van der Waals surface area contributed by atoms with Crippen LogP contribution >= 0.6 is 15.9 Å². The number of halogens is 1. The van der Waals surface area contributed by atoms with E-state index in [1.165, 1.54) is 59.0 Å². The molecule has 3 aliphatic heterocycles. The lowest BCUT2D eigenvalue weighted by Crippen LogP contribution is -2.61. The Balaban J connectivity index is 2.03. The van der Waals surface area contributed by atoms with Gasteiger partial charge in [0, 0.05) is 24.9 Å². The van der Waals surface area contributed by atoms with Crippen LogP contribution in [0.3, 0.4) is 0 Å². The predicted octanol–water partition coefficient (Wildman–Crippen LogP) is 0.000500. The van der Waals surface area contributed by atoms with Gasteiger partial charge in [-0.3, -0.25) is 38.4 Å². The third kappa shape index (κ3) is 16.0. The highest BCUT2D eigenvalue weighted by Crippen LogP contribution is 2.27. The van der Waals surface area contributed by atoms with Crippen molar-refractivity contribution >= 4 is 69.2 Å². The maximum Gasteiger partial charge on any atom is 0.332 e. The summed E-state index contributed by atoms with van der Waals surface area (Å²) in [5, 5.41) is 48.3. The third-order valence-corrected chi connectivity index (χ3v) is 14.0. The lowest BCUT2D eigenvalue weighted by Gasteiger charge is -2.34. The summed E-state index contributed by atoms with van der Waals surface area (Å²) >= 11 is 3.25. The highest BCUT2D eigenvalue weighted by Gasteiger charge is 2.42. The monoisotopic (exact) mass is 1100 g/mol. The lowest BCUT2D eigenvalue weighted by atomic mass is 9.93. The molecule has 22 nitrogen and oxygen atoms in total. The van der Waals surface area contributed by atoms with Crippen LogP contribution in [0.1, 0.15) is 79.0 Å². The number of rotatable bonds is 10. The van der Waals surface area contributed by atoms with Gasteiger partial charge in [0.25, 0.3) is 0 Å². The fraction of sp³-hybridized carbons (Fsp3) is 0.549. The number of hydrogen-bond acceptors (Lipinski definition) is 15. The lowest BCUT2D eigenvalue weighted by molar-refractivity contribution is -0.160. The minimum Gasteiger partial charge on any atom is -0.487 e. The molecule has 2 aromatic rings. The number of esters is 2. The van der Waals surface area contributed by atoms with Gasteiger partial charge < -0.3 is 66.3 Å². The standard InChI is InChI=1S/C51H70BrN7O15/c1-10-27(4)39-46(66)58-42-33-16-18-34(19-17-33)74-31(8)51(71,25-52)21-20-37(61)53-23-38(62)72-24-35(50(70)73-30(7)41(48(68)55-39)57-44(64)28(5)43(63)26(2)3)54-47(67)40(29(6)60)56-45(65)36(59(9)49(42)69)22-32-14-12-11-13-15-32/h11-21,26-31,35-36,39-43,60,63,71H,10,22-25H2,1-9H3,(H,53,61)(H,54,67)(H,55,68)(H,56,65)(H,57,64)(H,58,66)/b21-20+/t27-,28+,29+,30+,31+,35-,36-,39+,40+,41-,42-,43+,51-/m0/s1. The number of hydrogen-bond donors (Lipinski definition) is 9. The van der Waals surface area contributed by atoms with Gasteiger partial charge in [-0.2, -0.15) is 0 Å². The fourth-order valence-corrected chi connectivity index (χ4v) is 8.54. The van der Waals surface area contributed by atoms with Crippen molar-refractivity contribution in [3.8, 4) is 5.75 Å². The van der Waals surface area contributed by atoms with E-state index in [-0.39, 0.29) is 29.5 Å². The molecule has 7 amide bonds. The number of aliphatic hydroxyl groups is 3. The Labute approximate surface area is 438 Å². The van der Waals surface area contributed by atoms with Gasteiger partial charge in [-0.15, -0.1) is 0 Å². The zero-order valence-electron chi connectivity index (χ0n) is 43.0. The molecule has 23 heteroatoms. The molecule has 406 valence electrons. The quantitative estimate of drug-likeness (QED) is 0.112. The molecule has 9 N–H and O–H groups in total. The number of aliphatic hydroxyl groups excluding tert-OH is 2. The van der Waals surface area contributed by atoms with Crippen molar-refractivity contribution in [3.63, 3.8) is 0 Å². The molecule has 3 heterocycles. The average Bonchev–Trinajstić information content (AvgIpc) is 3.37. The zero-order chi connectivity index (χ0) is 55.2. The van der Waals surface area contributed by atoms with Gasteiger partial charge in [-0.05, 0) is 61.9 Å². The topological polar surface area (TPSA) is 317 Å². The van der Waals surface area contributed by atoms with Crippen LogP contribution in [-0.2, 0) is 59.0 Å². The second-order valence-electron chi connectivity index (χ2n) is 19.1. The SMILES string of the molecule is CC[C@H](C)[C@H]1NC(=O)[C@@H](NC(=O)[C@H](C)[C@H](O)C(C)C)[C@@H](C)OC(=O)[C@@H]2COC(=O)CNC(=O)/C=C/[C@](O)(CBr)[C@@H](C)Oc3ccc(cc3)[C@H](NC1=O)C(=O)N(C)[C@@H](Cc1ccccc1)C(=O)N[C@H]([C@@H](C)O)C(=O)N2. The maximum absolute atomic E-state index is 15.2. The van der Waals surface area contributed by atoms with Crippen LogP contribution < -0.4 is 36.6 Å². The van der Waals surface area contributed by atoms with Crippen molar-refractivity contribution in [1.29, 1.82) is 0 Å². The summed E-state index contributed by atoms with van der Waals surface area (Å²) < 4.78 is 17.1. The molecule has 2 aromatic carbocycles. The van der Waals surface area contributed by atoms with Crippen molar-refractivity contribution in [2.45, 2.75) is 134 Å². The maximum atomic E-state index is 15.2. The first-order chi connectivity index (χ1) is 34.8. The van der Waals surface area contributed by atoms with Gasteiger partial charge in [0.2, 0.25) is 41.4 Å². The van der Waals surface area contributed by atoms with Crippen LogP contribution in [0.25, 0.3) is 0 Å². The number of amides is 7. The molecule has 3 aliphatic rings. The molecule has 13 atom stereocenters. The summed E-state index contributed by atoms with van der Waals surface area (Å²) in [4.78, 5) is 129. The molecule has 1 fully saturated rings. The van der Waals surface area contributed by atoms with Gasteiger partial charge in [-0.25, -0.2) is 4.79 Å². The van der Waals surface area contributed by atoms with Gasteiger partial charge in [0.1, 0.15) is 66.9 Å². The molecular weight excluding hydrogens is 1030 g/mol. The number of benzene rings is 2. The second kappa shape index (κ2) is 27.2. The Kier molecular flexibility index (Phi) is 22.1. The fourth-order valence-electron chi connectivity index (χ4n) is 7.90. The van der Waals surface area contributed by atoms with Crippen molar-refractivity contribution in [2.75, 3.05) is 25.5 Å². The average molecular weight is 1100 g/mol. The number of likely N-dealkylation sites (N-methyl/N-ethyl adjacent to an activating group) is 1. The van der Waals surface area contributed by atoms with Crippen LogP contribution in [0.4, 0.5) is 0 Å². The number of ether oxygens (including phenoxy) is 3. The zero-order valence-corrected chi connectivity index (χ0v) is 44.5. The molecule has 4 bridgehead atoms. The number of fused-ring (bicyclic) bond motifs is 11. The first kappa shape index (κ1) is 60.1. The van der Waals surface area contributed by atoms with E-state index >= 15 is 4.79 Å². The molecule has 74 heavy (non-hydrogen) atoms. The first-order valence-corrected chi connectivity index (χ1v) is 25.5. The van der Waals surface area contributed by atoms with E-state index in [1.54, 1.807) is 58.0 Å². The second-order valence-corrected chi connectivity index (χ2v) is 19.7. The smallest absolute Gasteiger partial charge is 0.332 e. The molecule has 0 spiro atoms. The van der Waals surface area contributed by atoms with Gasteiger partial charge in [0.05, 0.1) is 18.1 Å². The van der Waals surface area contributed by atoms with Gasteiger partial charge >= 0.3 is 11.9 Å². The highest BCUT2D eigenvalue weighted by atomic mass is 79.9. The van der Waals surface area contributed by atoms with Crippen LogP contribution in [-0.4, -0.2) is 159 Å². The van der Waals surface area contributed by atoms with E-state index < -0.39 is 150 Å². The summed E-state index contributed by atoms with van der Waals surface area (Å²) in [6.07, 6.45) is -3.35. The molecule has 0 saturated carbocycles. The Bertz CT molecular complexity index is 2360. The number of nitrogens with one attached hydrogen (secondary N) is 6. The highest BCUT2D eigenvalue weighted by molar-refractivity contribution is 9.09. The van der Waals surface area contributed by atoms with Crippen LogP contribution in [0, 0.1) is 17.8 Å². The van der Waals surface area contributed by atoms with E-state index in [0.29, 0.717) is 5.56 Å². The number of carbonyl (C=O) groups is 9. The molecule has 0 aliphatic carbocycles. The van der Waals surface area contributed by atoms with E-state index in [4.69, 9.17) is 14.2 Å². The third-order valence-electron chi connectivity index (χ3n) is 13.1. The molecule has 5 rings (SSSR count). The van der Waals surface area contributed by atoms with E-state index in [2.05, 4.69) is 47.8 Å². The number of carbonyl (C=O) groups excluding carboxylic acids is 9. The first-order valence-electron chi connectivity index (χ1n) is 24.4. The van der Waals surface area contributed by atoms with Crippen molar-refractivity contribution in [1.82, 2.24) is 36.8 Å². The van der Waals surface area contributed by atoms with E-state index in [1.807, 2.05) is 0 Å².